The molecule has 0 spiro atoms. The van der Waals surface area contributed by atoms with Gasteiger partial charge in [-0.05, 0) is 98.4 Å². The number of nitriles is 1. The maximum Gasteiger partial charge on any atom is 0.240 e. The lowest BCUT2D eigenvalue weighted by Crippen LogP contribution is -2.39. The molecule has 1 saturated heterocycles. The third-order valence-corrected chi connectivity index (χ3v) is 9.82. The molecule has 0 saturated carbocycles. The zero-order valence-electron chi connectivity index (χ0n) is 22.1. The van der Waals surface area contributed by atoms with Crippen LogP contribution in [0.4, 0.5) is 8.78 Å². The van der Waals surface area contributed by atoms with Crippen LogP contribution in [0.2, 0.25) is 0 Å². The van der Waals surface area contributed by atoms with E-state index in [1.807, 2.05) is 6.07 Å². The molecule has 1 heterocycles. The average molecular weight is 588 g/mol. The summed E-state index contributed by atoms with van der Waals surface area (Å²) in [6, 6.07) is 17.7. The van der Waals surface area contributed by atoms with Crippen LogP contribution in [0.5, 0.6) is 0 Å². The number of benzene rings is 3. The lowest BCUT2D eigenvalue weighted by atomic mass is 9.87. The molecule has 1 atom stereocenters. The van der Waals surface area contributed by atoms with Gasteiger partial charge in [0.15, 0.2) is 9.84 Å². The van der Waals surface area contributed by atoms with Gasteiger partial charge < -0.3 is 4.90 Å². The lowest BCUT2D eigenvalue weighted by Gasteiger charge is -2.33. The van der Waals surface area contributed by atoms with Gasteiger partial charge in [0.2, 0.25) is 10.0 Å². The highest BCUT2D eigenvalue weighted by atomic mass is 32.2. The number of hydrogen-bond donors (Lipinski definition) is 1. The van der Waals surface area contributed by atoms with Crippen molar-refractivity contribution in [3.8, 4) is 6.07 Å². The van der Waals surface area contributed by atoms with E-state index in [2.05, 4.69) is 9.62 Å². The first-order chi connectivity index (χ1) is 18.9. The monoisotopic (exact) mass is 587 g/mol. The largest absolute Gasteiger partial charge is 0.303 e. The van der Waals surface area contributed by atoms with Crippen LogP contribution < -0.4 is 4.72 Å². The minimum Gasteiger partial charge on any atom is -0.303 e. The predicted molar refractivity (Wildman–Crippen MR) is 148 cm³/mol. The van der Waals surface area contributed by atoms with Gasteiger partial charge in [-0.15, -0.1) is 0 Å². The highest BCUT2D eigenvalue weighted by Gasteiger charge is 2.24. The molecule has 3 aromatic carbocycles. The van der Waals surface area contributed by atoms with Gasteiger partial charge >= 0.3 is 0 Å². The molecule has 0 radical (unpaired) electrons. The quantitative estimate of drug-likeness (QED) is 0.376. The third-order valence-electron chi connectivity index (χ3n) is 7.27. The number of nitrogens with one attached hydrogen (secondary N) is 1. The molecular weight excluding hydrogens is 556 g/mol. The van der Waals surface area contributed by atoms with E-state index in [1.165, 1.54) is 42.5 Å². The summed E-state index contributed by atoms with van der Waals surface area (Å²) in [5, 5.41) is 9.03. The van der Waals surface area contributed by atoms with Gasteiger partial charge in [-0.1, -0.05) is 18.2 Å². The van der Waals surface area contributed by atoms with E-state index in [0.29, 0.717) is 25.1 Å². The summed E-state index contributed by atoms with van der Waals surface area (Å²) in [7, 11) is -7.10. The molecule has 1 unspecified atom stereocenters. The minimum absolute atomic E-state index is 0.0633. The summed E-state index contributed by atoms with van der Waals surface area (Å²) in [6.07, 6.45) is 3.25. The lowest BCUT2D eigenvalue weighted by molar-refractivity contribution is 0.182. The number of sulfonamides is 1. The second-order valence-electron chi connectivity index (χ2n) is 10.2. The molecule has 0 aromatic heterocycles. The fraction of sp³-hybridized carbons (Fsp3) is 0.345. The molecule has 1 aliphatic rings. The molecule has 1 N–H and O–H groups in total. The van der Waals surface area contributed by atoms with Gasteiger partial charge in [0.25, 0.3) is 0 Å². The molecule has 212 valence electrons. The van der Waals surface area contributed by atoms with Crippen molar-refractivity contribution in [3.05, 3.63) is 95.1 Å². The number of likely N-dealkylation sites (tertiary alicyclic amines) is 1. The molecule has 3 aromatic rings. The van der Waals surface area contributed by atoms with Gasteiger partial charge in [-0.2, -0.15) is 5.26 Å². The number of hydrogen-bond acceptors (Lipinski definition) is 6. The molecule has 11 heteroatoms. The Kier molecular flexibility index (Phi) is 9.36. The zero-order chi connectivity index (χ0) is 28.9. The van der Waals surface area contributed by atoms with Crippen LogP contribution in [0, 0.1) is 28.9 Å². The average Bonchev–Trinajstić information content (AvgIpc) is 2.92. The van der Waals surface area contributed by atoms with Crippen LogP contribution in [0.3, 0.4) is 0 Å². The van der Waals surface area contributed by atoms with Crippen molar-refractivity contribution >= 4 is 19.9 Å². The smallest absolute Gasteiger partial charge is 0.240 e. The van der Waals surface area contributed by atoms with Crippen molar-refractivity contribution < 1.29 is 25.6 Å². The van der Waals surface area contributed by atoms with E-state index < -0.39 is 31.5 Å². The maximum atomic E-state index is 14.1. The maximum absolute atomic E-state index is 14.1. The van der Waals surface area contributed by atoms with Crippen LogP contribution in [-0.4, -0.2) is 54.2 Å². The summed E-state index contributed by atoms with van der Waals surface area (Å²) in [6.45, 7) is 2.43. The summed E-state index contributed by atoms with van der Waals surface area (Å²) in [5.74, 6) is -1.53. The zero-order valence-corrected chi connectivity index (χ0v) is 23.7. The standard InChI is InChI=1S/C29H31F2N3O4S2/c1-39(35,36)27-7-5-23(6-8-27)29(24-16-25(30)18-26(31)17-24)11-14-34-12-9-21(10-13-34)20-33-40(37,38)28-4-2-3-22(15-28)19-32/h2-8,15-18,21,29,33H,9-14,20H2,1H3. The summed E-state index contributed by atoms with van der Waals surface area (Å²) in [5.41, 5.74) is 1.53. The van der Waals surface area contributed by atoms with E-state index in [-0.39, 0.29) is 27.2 Å². The van der Waals surface area contributed by atoms with Crippen molar-refractivity contribution in [1.29, 1.82) is 5.26 Å². The third kappa shape index (κ3) is 7.73. The van der Waals surface area contributed by atoms with Gasteiger partial charge in [0, 0.05) is 24.8 Å². The first-order valence-electron chi connectivity index (χ1n) is 12.9. The van der Waals surface area contributed by atoms with Crippen molar-refractivity contribution in [3.63, 3.8) is 0 Å². The Morgan fingerprint density at radius 1 is 0.925 bits per heavy atom. The van der Waals surface area contributed by atoms with Crippen molar-refractivity contribution in [2.75, 3.05) is 32.4 Å². The van der Waals surface area contributed by atoms with Crippen molar-refractivity contribution in [2.24, 2.45) is 5.92 Å². The fourth-order valence-electron chi connectivity index (χ4n) is 5.02. The Hall–Kier alpha value is -3.17. The number of piperidine rings is 1. The number of nitrogens with zero attached hydrogens (tertiary/aromatic N) is 2. The molecule has 1 fully saturated rings. The summed E-state index contributed by atoms with van der Waals surface area (Å²) >= 11 is 0. The van der Waals surface area contributed by atoms with E-state index in [4.69, 9.17) is 5.26 Å². The topological polar surface area (TPSA) is 107 Å². The Morgan fingerprint density at radius 3 is 2.17 bits per heavy atom. The normalized spacial score (nSPS) is 15.9. The van der Waals surface area contributed by atoms with Crippen LogP contribution >= 0.6 is 0 Å². The Balaban J connectivity index is 1.37. The fourth-order valence-corrected chi connectivity index (χ4v) is 6.81. The number of sulfone groups is 1. The van der Waals surface area contributed by atoms with Crippen LogP contribution in [0.1, 0.15) is 41.9 Å². The van der Waals surface area contributed by atoms with Crippen LogP contribution in [0.25, 0.3) is 0 Å². The molecule has 1 aliphatic heterocycles. The minimum atomic E-state index is -3.72. The van der Waals surface area contributed by atoms with E-state index in [9.17, 15) is 25.6 Å². The molecular formula is C29H31F2N3O4S2. The van der Waals surface area contributed by atoms with Crippen LogP contribution in [0.15, 0.2) is 76.5 Å². The first kappa shape index (κ1) is 29.8. The molecule has 40 heavy (non-hydrogen) atoms. The first-order valence-corrected chi connectivity index (χ1v) is 16.3. The van der Waals surface area contributed by atoms with E-state index in [0.717, 1.165) is 43.8 Å². The molecule has 0 bridgehead atoms. The van der Waals surface area contributed by atoms with Gasteiger partial charge in [-0.25, -0.2) is 30.3 Å². The summed E-state index contributed by atoms with van der Waals surface area (Å²) < 4.78 is 79.9. The SMILES string of the molecule is CS(=O)(=O)c1ccc(C(CCN2CCC(CNS(=O)(=O)c3cccc(C#N)c3)CC2)c2cc(F)cc(F)c2)cc1. The Labute approximate surface area is 234 Å². The molecule has 0 amide bonds. The van der Waals surface area contributed by atoms with Gasteiger partial charge in [0.1, 0.15) is 11.6 Å². The molecule has 4 rings (SSSR count). The summed E-state index contributed by atoms with van der Waals surface area (Å²) in [4.78, 5) is 2.49. The van der Waals surface area contributed by atoms with E-state index in [1.54, 1.807) is 18.2 Å². The van der Waals surface area contributed by atoms with Crippen molar-refractivity contribution in [2.45, 2.75) is 35.0 Å². The van der Waals surface area contributed by atoms with Gasteiger partial charge in [0.05, 0.1) is 21.4 Å². The Bertz CT molecular complexity index is 1580. The van der Waals surface area contributed by atoms with E-state index >= 15 is 0 Å². The predicted octanol–water partition coefficient (Wildman–Crippen LogP) is 4.45. The highest BCUT2D eigenvalue weighted by molar-refractivity contribution is 7.90. The van der Waals surface area contributed by atoms with Crippen LogP contribution in [-0.2, 0) is 19.9 Å². The van der Waals surface area contributed by atoms with Crippen molar-refractivity contribution in [1.82, 2.24) is 9.62 Å². The second kappa shape index (κ2) is 12.6. The number of halogens is 2. The number of rotatable bonds is 10. The highest BCUT2D eigenvalue weighted by Crippen LogP contribution is 2.31. The Morgan fingerprint density at radius 2 is 1.57 bits per heavy atom. The molecule has 0 aliphatic carbocycles. The molecule has 7 nitrogen and oxygen atoms in total. The second-order valence-corrected chi connectivity index (χ2v) is 13.9. The van der Waals surface area contributed by atoms with Gasteiger partial charge in [-0.3, -0.25) is 0 Å².